The highest BCUT2D eigenvalue weighted by Gasteiger charge is 2.39. The number of nitrogens with zero attached hydrogens (tertiary/aromatic N) is 3. The number of alkyl carbamates (subject to hydrolysis) is 1. The van der Waals surface area contributed by atoms with Gasteiger partial charge in [-0.15, -0.1) is 0 Å². The molecule has 17 heteroatoms. The lowest BCUT2D eigenvalue weighted by Gasteiger charge is -2.38. The minimum Gasteiger partial charge on any atom is -0.461 e. The molecule has 4 amide bonds. The summed E-state index contributed by atoms with van der Waals surface area (Å²) in [5.41, 5.74) is 1.64. The van der Waals surface area contributed by atoms with E-state index >= 15 is 0 Å². The van der Waals surface area contributed by atoms with E-state index in [0.717, 1.165) is 11.1 Å². The normalized spacial score (nSPS) is 12.6. The second kappa shape index (κ2) is 25.3. The Morgan fingerprint density at radius 1 is 0.492 bits per heavy atom. The fourth-order valence-corrected chi connectivity index (χ4v) is 8.53. The van der Waals surface area contributed by atoms with E-state index in [1.807, 2.05) is 60.7 Å². The van der Waals surface area contributed by atoms with Gasteiger partial charge in [-0.2, -0.15) is 0 Å². The third kappa shape index (κ3) is 20.3. The minimum atomic E-state index is -2.26. The zero-order chi connectivity index (χ0) is 49.3. The summed E-state index contributed by atoms with van der Waals surface area (Å²) in [6, 6.07) is 18.6. The van der Waals surface area contributed by atoms with Crippen LogP contribution in [0.4, 0.5) is 4.79 Å². The van der Waals surface area contributed by atoms with Gasteiger partial charge in [0.15, 0.2) is 25.0 Å². The molecule has 0 atom stereocenters. The fourth-order valence-electron chi connectivity index (χ4n) is 5.42. The quantitative estimate of drug-likeness (QED) is 0.0757. The number of carbonyl (C=O) groups is 5. The van der Waals surface area contributed by atoms with E-state index in [-0.39, 0.29) is 99.7 Å². The summed E-state index contributed by atoms with van der Waals surface area (Å²) < 4.78 is 30.2. The number of nitrogens with one attached hydrogen (secondary N) is 1. The molecule has 366 valence electrons. The molecule has 0 aliphatic carbocycles. The Hall–Kier alpha value is -3.88. The molecule has 0 aromatic heterocycles. The molecule has 1 N–H and O–H groups in total. The van der Waals surface area contributed by atoms with E-state index in [9.17, 15) is 24.0 Å². The molecule has 2 rings (SSSR count). The molecular weight excluding hydrogens is 877 g/mol. The summed E-state index contributed by atoms with van der Waals surface area (Å²) in [5, 5.41) is 2.27. The highest BCUT2D eigenvalue weighted by molar-refractivity contribution is 6.74. The summed E-state index contributed by atoms with van der Waals surface area (Å²) in [6.45, 7) is 31.9. The number of esters is 1. The Kier molecular flexibility index (Phi) is 22.3. The van der Waals surface area contributed by atoms with Crippen molar-refractivity contribution in [1.29, 1.82) is 0 Å². The summed E-state index contributed by atoms with van der Waals surface area (Å²) in [7, 11) is -6.67. The van der Waals surface area contributed by atoms with E-state index in [0.29, 0.717) is 0 Å². The van der Waals surface area contributed by atoms with Crippen molar-refractivity contribution >= 4 is 54.7 Å². The van der Waals surface area contributed by atoms with Crippen LogP contribution in [0.3, 0.4) is 0 Å². The molecule has 0 spiro atoms. The molecule has 0 saturated heterocycles. The summed E-state index contributed by atoms with van der Waals surface area (Å²) in [5.74, 6) is -1.85. The van der Waals surface area contributed by atoms with Crippen LogP contribution in [0.25, 0.3) is 0 Å². The van der Waals surface area contributed by atoms with Crippen LogP contribution >= 0.6 is 0 Å². The largest absolute Gasteiger partial charge is 0.461 e. The predicted molar refractivity (Wildman–Crippen MR) is 265 cm³/mol. The first-order valence-electron chi connectivity index (χ1n) is 22.8. The lowest BCUT2D eigenvalue weighted by Crippen LogP contribution is -2.52. The highest BCUT2D eigenvalue weighted by Crippen LogP contribution is 2.38. The zero-order valence-electron chi connectivity index (χ0n) is 42.4. The van der Waals surface area contributed by atoms with Gasteiger partial charge in [-0.1, -0.05) is 123 Å². The predicted octanol–water partition coefficient (Wildman–Crippen LogP) is 8.60. The van der Waals surface area contributed by atoms with Crippen LogP contribution < -0.4 is 5.32 Å². The second-order valence-corrected chi connectivity index (χ2v) is 35.6. The Morgan fingerprint density at radius 2 is 0.846 bits per heavy atom. The van der Waals surface area contributed by atoms with Crippen molar-refractivity contribution in [3.05, 3.63) is 71.8 Å². The number of amides is 4. The van der Waals surface area contributed by atoms with Crippen molar-refractivity contribution < 1.29 is 46.7 Å². The van der Waals surface area contributed by atoms with Gasteiger partial charge in [0.2, 0.25) is 17.7 Å². The molecule has 0 saturated carbocycles. The molecule has 2 aromatic carbocycles. The van der Waals surface area contributed by atoms with Gasteiger partial charge in [-0.25, -0.2) is 4.79 Å². The van der Waals surface area contributed by atoms with E-state index in [2.05, 4.69) is 107 Å². The first-order valence-corrected chi connectivity index (χ1v) is 31.6. The Bertz CT molecular complexity index is 1810. The number of hydrogen-bond acceptors (Lipinski definition) is 10. The lowest BCUT2D eigenvalue weighted by atomic mass is 10.2. The average Bonchev–Trinajstić information content (AvgIpc) is 3.20. The van der Waals surface area contributed by atoms with Crippen LogP contribution in [0.5, 0.6) is 0 Å². The number of benzene rings is 2. The Labute approximate surface area is 393 Å². The third-order valence-electron chi connectivity index (χ3n) is 13.0. The topological polar surface area (TPSA) is 153 Å². The van der Waals surface area contributed by atoms with E-state index in [1.165, 1.54) is 9.80 Å². The molecule has 0 aliphatic heterocycles. The standard InChI is InChI=1S/C48H82N4O10Si3/c1-46(2,3)63(10,11)60-31-28-50(27-26-44(56)58-37-39-22-18-16-19-23-39)42(54)35-52(30-33-62-65(14,15)48(7,8)9)43(55)36-51(29-32-61-64(12,13)47(4,5)6)41(53)34-49-45(57)59-38-40-24-20-17-21-25-40/h16-25H,26-38H2,1-15H3,(H,49,57). The van der Waals surface area contributed by atoms with Gasteiger partial charge in [0.1, 0.15) is 19.8 Å². The molecule has 0 fully saturated rings. The Morgan fingerprint density at radius 3 is 1.25 bits per heavy atom. The number of carbonyl (C=O) groups excluding carboxylic acids is 5. The van der Waals surface area contributed by atoms with Gasteiger partial charge in [0.05, 0.1) is 39.3 Å². The lowest BCUT2D eigenvalue weighted by molar-refractivity contribution is -0.147. The van der Waals surface area contributed by atoms with Crippen LogP contribution in [0.15, 0.2) is 60.7 Å². The number of ether oxygens (including phenoxy) is 2. The first kappa shape index (κ1) is 57.2. The number of rotatable bonds is 25. The maximum absolute atomic E-state index is 14.5. The van der Waals surface area contributed by atoms with Gasteiger partial charge < -0.3 is 42.8 Å². The average molecular weight is 959 g/mol. The van der Waals surface area contributed by atoms with Crippen molar-refractivity contribution in [3.63, 3.8) is 0 Å². The van der Waals surface area contributed by atoms with Gasteiger partial charge in [-0.05, 0) is 65.5 Å². The van der Waals surface area contributed by atoms with E-state index in [4.69, 9.17) is 22.8 Å². The summed E-state index contributed by atoms with van der Waals surface area (Å²) >= 11 is 0. The van der Waals surface area contributed by atoms with Crippen molar-refractivity contribution in [3.8, 4) is 0 Å². The molecule has 65 heavy (non-hydrogen) atoms. The SMILES string of the molecule is CC(C)(C)[Si](C)(C)OCCN(CCC(=O)OCc1ccccc1)C(=O)CN(CCO[Si](C)(C)C(C)(C)C)C(=O)CN(CCO[Si](C)(C)C(C)(C)C)C(=O)CNC(=O)OCc1ccccc1. The molecule has 0 radical (unpaired) electrons. The smallest absolute Gasteiger partial charge is 0.407 e. The third-order valence-corrected chi connectivity index (χ3v) is 26.6. The molecule has 0 heterocycles. The molecule has 0 bridgehead atoms. The number of hydrogen-bond donors (Lipinski definition) is 1. The van der Waals surface area contributed by atoms with Crippen molar-refractivity contribution in [1.82, 2.24) is 20.0 Å². The van der Waals surface area contributed by atoms with Crippen LogP contribution in [-0.4, -0.2) is 135 Å². The van der Waals surface area contributed by atoms with Crippen molar-refractivity contribution in [2.75, 3.05) is 65.6 Å². The fraction of sp³-hybridized carbons (Fsp3) is 0.646. The van der Waals surface area contributed by atoms with Crippen molar-refractivity contribution in [2.45, 2.75) is 136 Å². The Balaban J connectivity index is 2.39. The van der Waals surface area contributed by atoms with Gasteiger partial charge in [0.25, 0.3) is 0 Å². The van der Waals surface area contributed by atoms with Gasteiger partial charge in [0, 0.05) is 26.2 Å². The first-order chi connectivity index (χ1) is 30.0. The van der Waals surface area contributed by atoms with Crippen LogP contribution in [0.2, 0.25) is 54.4 Å². The molecule has 0 aliphatic rings. The monoisotopic (exact) mass is 959 g/mol. The summed E-state index contributed by atoms with van der Waals surface area (Å²) in [6.07, 6.45) is -0.833. The van der Waals surface area contributed by atoms with E-state index in [1.54, 1.807) is 4.90 Å². The second-order valence-electron chi connectivity index (χ2n) is 21.1. The van der Waals surface area contributed by atoms with Crippen LogP contribution in [0.1, 0.15) is 79.9 Å². The zero-order valence-corrected chi connectivity index (χ0v) is 45.4. The van der Waals surface area contributed by atoms with Crippen molar-refractivity contribution in [2.24, 2.45) is 0 Å². The van der Waals surface area contributed by atoms with Gasteiger partial charge in [-0.3, -0.25) is 19.2 Å². The van der Waals surface area contributed by atoms with Crippen LogP contribution in [0, 0.1) is 0 Å². The molecular formula is C48H82N4O10Si3. The van der Waals surface area contributed by atoms with Crippen LogP contribution in [-0.2, 0) is 55.1 Å². The minimum absolute atomic E-state index is 0.0255. The van der Waals surface area contributed by atoms with Gasteiger partial charge >= 0.3 is 12.1 Å². The highest BCUT2D eigenvalue weighted by atomic mass is 28.4. The maximum atomic E-state index is 14.5. The maximum Gasteiger partial charge on any atom is 0.407 e. The molecule has 2 aromatic rings. The summed E-state index contributed by atoms with van der Waals surface area (Å²) in [4.78, 5) is 72.8. The molecule has 0 unspecified atom stereocenters. The van der Waals surface area contributed by atoms with E-state index < -0.39 is 55.4 Å². The molecule has 14 nitrogen and oxygen atoms in total.